The van der Waals surface area contributed by atoms with Gasteiger partial charge in [0.2, 0.25) is 0 Å². The molecule has 0 aromatic heterocycles. The Morgan fingerprint density at radius 3 is 2.50 bits per heavy atom. The van der Waals surface area contributed by atoms with Gasteiger partial charge in [-0.2, -0.15) is 0 Å². The van der Waals surface area contributed by atoms with Crippen LogP contribution in [-0.4, -0.2) is 0 Å². The smallest absolute Gasteiger partial charge is 0.0203 e. The molecule has 0 saturated heterocycles. The topological polar surface area (TPSA) is 0 Å². The highest BCUT2D eigenvalue weighted by atomic mass is 14.3. The summed E-state index contributed by atoms with van der Waals surface area (Å²) in [7, 11) is 0. The third-order valence-corrected chi connectivity index (χ3v) is 4.27. The van der Waals surface area contributed by atoms with Crippen molar-refractivity contribution in [3.63, 3.8) is 0 Å². The molecule has 2 aliphatic rings. The molecule has 0 aromatic carbocycles. The molecule has 0 heterocycles. The highest BCUT2D eigenvalue weighted by molar-refractivity contribution is 5.09. The lowest BCUT2D eigenvalue weighted by Crippen LogP contribution is -2.18. The summed E-state index contributed by atoms with van der Waals surface area (Å²) in [5, 5.41) is 0. The fourth-order valence-corrected chi connectivity index (χ4v) is 3.21. The molecule has 2 aliphatic carbocycles. The van der Waals surface area contributed by atoms with Gasteiger partial charge in [-0.05, 0) is 50.4 Å². The van der Waals surface area contributed by atoms with E-state index in [1.165, 1.54) is 57.8 Å². The van der Waals surface area contributed by atoms with Gasteiger partial charge in [0.05, 0.1) is 0 Å². The van der Waals surface area contributed by atoms with Crippen molar-refractivity contribution in [2.75, 3.05) is 0 Å². The average molecular weight is 192 g/mol. The van der Waals surface area contributed by atoms with Gasteiger partial charge in [-0.3, -0.25) is 0 Å². The van der Waals surface area contributed by atoms with Crippen molar-refractivity contribution >= 4 is 0 Å². The van der Waals surface area contributed by atoms with Gasteiger partial charge in [-0.25, -0.2) is 0 Å². The van der Waals surface area contributed by atoms with E-state index in [1.54, 1.807) is 5.57 Å². The normalized spacial score (nSPS) is 27.1. The van der Waals surface area contributed by atoms with Crippen LogP contribution < -0.4 is 0 Å². The van der Waals surface area contributed by atoms with E-state index in [9.17, 15) is 0 Å². The maximum atomic E-state index is 2.54. The van der Waals surface area contributed by atoms with Gasteiger partial charge in [0.15, 0.2) is 0 Å². The molecule has 0 bridgehead atoms. The standard InChI is InChI=1S/C14H24/c1-12(13-8-4-2-5-9-13)14-10-6-3-7-11-14/h8,12,14H,2-7,9-11H2,1H3. The Balaban J connectivity index is 1.91. The predicted octanol–water partition coefficient (Wildman–Crippen LogP) is 4.70. The van der Waals surface area contributed by atoms with Gasteiger partial charge in [0.25, 0.3) is 0 Å². The molecule has 1 fully saturated rings. The van der Waals surface area contributed by atoms with Crippen LogP contribution >= 0.6 is 0 Å². The van der Waals surface area contributed by atoms with Crippen molar-refractivity contribution in [1.82, 2.24) is 0 Å². The van der Waals surface area contributed by atoms with Gasteiger partial charge >= 0.3 is 0 Å². The minimum Gasteiger partial charge on any atom is -0.0851 e. The number of allylic oxidation sites excluding steroid dienone is 2. The summed E-state index contributed by atoms with van der Waals surface area (Å²) in [4.78, 5) is 0. The van der Waals surface area contributed by atoms with E-state index in [2.05, 4.69) is 13.0 Å². The van der Waals surface area contributed by atoms with E-state index in [0.29, 0.717) is 0 Å². The third kappa shape index (κ3) is 2.40. The lowest BCUT2D eigenvalue weighted by Gasteiger charge is -2.30. The first-order valence-electron chi connectivity index (χ1n) is 6.57. The molecule has 0 nitrogen and oxygen atoms in total. The summed E-state index contributed by atoms with van der Waals surface area (Å²) < 4.78 is 0. The number of hydrogen-bond donors (Lipinski definition) is 0. The monoisotopic (exact) mass is 192 g/mol. The summed E-state index contributed by atoms with van der Waals surface area (Å²) in [6.07, 6.45) is 15.6. The van der Waals surface area contributed by atoms with E-state index in [-0.39, 0.29) is 0 Å². The van der Waals surface area contributed by atoms with Crippen molar-refractivity contribution < 1.29 is 0 Å². The lowest BCUT2D eigenvalue weighted by molar-refractivity contribution is 0.284. The molecule has 1 saturated carbocycles. The molecule has 0 N–H and O–H groups in total. The Labute approximate surface area is 88.8 Å². The highest BCUT2D eigenvalue weighted by Crippen LogP contribution is 2.36. The largest absolute Gasteiger partial charge is 0.0851 e. The minimum atomic E-state index is 0.899. The first kappa shape index (κ1) is 10.3. The quantitative estimate of drug-likeness (QED) is 0.556. The second kappa shape index (κ2) is 5.00. The Hall–Kier alpha value is -0.260. The maximum Gasteiger partial charge on any atom is -0.0203 e. The van der Waals surface area contributed by atoms with Crippen LogP contribution in [0.3, 0.4) is 0 Å². The van der Waals surface area contributed by atoms with Crippen molar-refractivity contribution in [3.05, 3.63) is 11.6 Å². The van der Waals surface area contributed by atoms with E-state index in [4.69, 9.17) is 0 Å². The van der Waals surface area contributed by atoms with Crippen LogP contribution in [0, 0.1) is 11.8 Å². The minimum absolute atomic E-state index is 0.899. The molecule has 1 unspecified atom stereocenters. The van der Waals surface area contributed by atoms with E-state index in [0.717, 1.165) is 11.8 Å². The van der Waals surface area contributed by atoms with Crippen LogP contribution in [0.2, 0.25) is 0 Å². The lowest BCUT2D eigenvalue weighted by atomic mass is 9.75. The van der Waals surface area contributed by atoms with E-state index >= 15 is 0 Å². The van der Waals surface area contributed by atoms with Crippen molar-refractivity contribution in [2.24, 2.45) is 11.8 Å². The molecule has 14 heavy (non-hydrogen) atoms. The van der Waals surface area contributed by atoms with E-state index < -0.39 is 0 Å². The fourth-order valence-electron chi connectivity index (χ4n) is 3.21. The summed E-state index contributed by atoms with van der Waals surface area (Å²) in [5.41, 5.74) is 1.79. The van der Waals surface area contributed by atoms with Crippen molar-refractivity contribution in [2.45, 2.75) is 64.7 Å². The molecule has 0 aliphatic heterocycles. The SMILES string of the molecule is CC(C1=CCCCC1)C1CCCCC1. The average Bonchev–Trinajstić information content (AvgIpc) is 2.30. The molecule has 0 heteroatoms. The second-order valence-corrected chi connectivity index (χ2v) is 5.21. The predicted molar refractivity (Wildman–Crippen MR) is 62.3 cm³/mol. The second-order valence-electron chi connectivity index (χ2n) is 5.21. The summed E-state index contributed by atoms with van der Waals surface area (Å²) in [6.45, 7) is 2.48. The summed E-state index contributed by atoms with van der Waals surface area (Å²) >= 11 is 0. The maximum absolute atomic E-state index is 2.54. The van der Waals surface area contributed by atoms with Crippen LogP contribution in [0.4, 0.5) is 0 Å². The summed E-state index contributed by atoms with van der Waals surface area (Å²) in [5.74, 6) is 1.92. The van der Waals surface area contributed by atoms with Crippen LogP contribution in [0.5, 0.6) is 0 Å². The van der Waals surface area contributed by atoms with Gasteiger partial charge in [0, 0.05) is 0 Å². The molecule has 80 valence electrons. The molecule has 1 atom stereocenters. The van der Waals surface area contributed by atoms with Gasteiger partial charge in [-0.1, -0.05) is 37.8 Å². The molecular weight excluding hydrogens is 168 g/mol. The first-order chi connectivity index (χ1) is 6.88. The zero-order chi connectivity index (χ0) is 9.80. The van der Waals surface area contributed by atoms with Crippen LogP contribution in [0.1, 0.15) is 64.7 Å². The van der Waals surface area contributed by atoms with Crippen molar-refractivity contribution in [3.8, 4) is 0 Å². The Morgan fingerprint density at radius 2 is 1.86 bits per heavy atom. The number of hydrogen-bond acceptors (Lipinski definition) is 0. The van der Waals surface area contributed by atoms with Crippen molar-refractivity contribution in [1.29, 1.82) is 0 Å². The zero-order valence-corrected chi connectivity index (χ0v) is 9.60. The van der Waals surface area contributed by atoms with Gasteiger partial charge in [-0.15, -0.1) is 0 Å². The Bertz CT molecular complexity index is 196. The molecule has 0 amide bonds. The zero-order valence-electron chi connectivity index (χ0n) is 9.60. The summed E-state index contributed by atoms with van der Waals surface area (Å²) in [6, 6.07) is 0. The molecular formula is C14H24. The third-order valence-electron chi connectivity index (χ3n) is 4.27. The Kier molecular flexibility index (Phi) is 3.67. The highest BCUT2D eigenvalue weighted by Gasteiger charge is 2.23. The fraction of sp³-hybridized carbons (Fsp3) is 0.857. The first-order valence-corrected chi connectivity index (χ1v) is 6.57. The van der Waals surface area contributed by atoms with Crippen LogP contribution in [-0.2, 0) is 0 Å². The molecule has 2 rings (SSSR count). The van der Waals surface area contributed by atoms with Crippen LogP contribution in [0.25, 0.3) is 0 Å². The van der Waals surface area contributed by atoms with Gasteiger partial charge < -0.3 is 0 Å². The number of rotatable bonds is 2. The van der Waals surface area contributed by atoms with Crippen LogP contribution in [0.15, 0.2) is 11.6 Å². The van der Waals surface area contributed by atoms with Gasteiger partial charge in [0.1, 0.15) is 0 Å². The van der Waals surface area contributed by atoms with E-state index in [1.807, 2.05) is 0 Å². The molecule has 0 aromatic rings. The Morgan fingerprint density at radius 1 is 1.07 bits per heavy atom. The molecule has 0 spiro atoms. The molecule has 0 radical (unpaired) electrons.